The van der Waals surface area contributed by atoms with E-state index >= 15 is 0 Å². The highest BCUT2D eigenvalue weighted by Gasteiger charge is 2.27. The van der Waals surface area contributed by atoms with E-state index in [0.717, 1.165) is 6.04 Å². The Morgan fingerprint density at radius 2 is 1.53 bits per heavy atom. The fraction of sp³-hybridized carbons (Fsp3) is 1.00. The summed E-state index contributed by atoms with van der Waals surface area (Å²) >= 11 is 0. The van der Waals surface area contributed by atoms with E-state index in [-0.39, 0.29) is 5.54 Å². The minimum absolute atomic E-state index is 0.261. The molecular weight excluding hydrogens is 186 g/mol. The van der Waals surface area contributed by atoms with E-state index in [1.807, 2.05) is 0 Å². The summed E-state index contributed by atoms with van der Waals surface area (Å²) in [5.74, 6) is 0. The maximum atomic E-state index is 3.69. The van der Waals surface area contributed by atoms with Crippen LogP contribution in [0.25, 0.3) is 0 Å². The van der Waals surface area contributed by atoms with E-state index in [2.05, 4.69) is 36.5 Å². The second kappa shape index (κ2) is 4.40. The highest BCUT2D eigenvalue weighted by molar-refractivity contribution is 4.85. The predicted octanol–water partition coefficient (Wildman–Crippen LogP) is 1.51. The van der Waals surface area contributed by atoms with Crippen molar-refractivity contribution in [3.63, 3.8) is 0 Å². The average Bonchev–Trinajstić information content (AvgIpc) is 2.90. The Bertz CT molecular complexity index is 197. The van der Waals surface area contributed by atoms with Gasteiger partial charge in [0.15, 0.2) is 0 Å². The Labute approximate surface area is 93.6 Å². The minimum atomic E-state index is 0.261. The van der Waals surface area contributed by atoms with E-state index in [1.165, 1.54) is 38.8 Å². The van der Waals surface area contributed by atoms with Crippen molar-refractivity contribution < 1.29 is 0 Å². The van der Waals surface area contributed by atoms with Crippen LogP contribution in [-0.4, -0.2) is 35.7 Å². The zero-order valence-electron chi connectivity index (χ0n) is 10.3. The van der Waals surface area contributed by atoms with Gasteiger partial charge in [-0.25, -0.2) is 5.01 Å². The number of hydrazine groups is 1. The smallest absolute Gasteiger partial charge is 0.0216 e. The van der Waals surface area contributed by atoms with Crippen LogP contribution in [0.1, 0.15) is 46.5 Å². The number of hydrogen-bond donors (Lipinski definition) is 2. The van der Waals surface area contributed by atoms with E-state index in [0.29, 0.717) is 6.04 Å². The molecule has 3 nitrogen and oxygen atoms in total. The van der Waals surface area contributed by atoms with Gasteiger partial charge < -0.3 is 5.32 Å². The maximum absolute atomic E-state index is 3.69. The van der Waals surface area contributed by atoms with Crippen molar-refractivity contribution in [1.29, 1.82) is 0 Å². The fourth-order valence-corrected chi connectivity index (χ4v) is 2.24. The number of hydrogen-bond acceptors (Lipinski definition) is 3. The molecule has 0 radical (unpaired) electrons. The van der Waals surface area contributed by atoms with Gasteiger partial charge in [-0.2, -0.15) is 0 Å². The lowest BCUT2D eigenvalue weighted by Crippen LogP contribution is -2.52. The van der Waals surface area contributed by atoms with Crippen molar-refractivity contribution in [2.75, 3.05) is 13.1 Å². The van der Waals surface area contributed by atoms with Crippen molar-refractivity contribution in [2.45, 2.75) is 64.1 Å². The quantitative estimate of drug-likeness (QED) is 0.741. The second-order valence-corrected chi connectivity index (χ2v) is 6.06. The van der Waals surface area contributed by atoms with Crippen molar-refractivity contribution in [3.05, 3.63) is 0 Å². The summed E-state index contributed by atoms with van der Waals surface area (Å²) in [4.78, 5) is 0. The van der Waals surface area contributed by atoms with Crippen LogP contribution in [-0.2, 0) is 0 Å². The molecule has 0 atom stereocenters. The van der Waals surface area contributed by atoms with Crippen molar-refractivity contribution in [1.82, 2.24) is 15.8 Å². The third-order valence-electron chi connectivity index (χ3n) is 3.07. The first kappa shape index (κ1) is 11.4. The molecule has 1 heterocycles. The molecule has 1 saturated carbocycles. The standard InChI is InChI=1S/C12H25N3/c1-12(2,3)13-10-6-8-15(9-7-10)14-11-4-5-11/h10-11,13-14H,4-9H2,1-3H3. The van der Waals surface area contributed by atoms with Gasteiger partial charge in [0.25, 0.3) is 0 Å². The largest absolute Gasteiger partial charge is 0.309 e. The fourth-order valence-electron chi connectivity index (χ4n) is 2.24. The molecule has 15 heavy (non-hydrogen) atoms. The summed E-state index contributed by atoms with van der Waals surface area (Å²) in [6, 6.07) is 1.51. The second-order valence-electron chi connectivity index (χ2n) is 6.06. The maximum Gasteiger partial charge on any atom is 0.0216 e. The zero-order chi connectivity index (χ0) is 10.9. The summed E-state index contributed by atoms with van der Waals surface area (Å²) in [6.45, 7) is 9.15. The van der Waals surface area contributed by atoms with Crippen LogP contribution in [0.15, 0.2) is 0 Å². The molecule has 2 aliphatic rings. The topological polar surface area (TPSA) is 27.3 Å². The average molecular weight is 211 g/mol. The first-order valence-corrected chi connectivity index (χ1v) is 6.32. The molecule has 88 valence electrons. The van der Waals surface area contributed by atoms with Gasteiger partial charge in [-0.15, -0.1) is 0 Å². The first-order valence-electron chi connectivity index (χ1n) is 6.32. The zero-order valence-corrected chi connectivity index (χ0v) is 10.3. The Kier molecular flexibility index (Phi) is 3.33. The monoisotopic (exact) mass is 211 g/mol. The van der Waals surface area contributed by atoms with Crippen LogP contribution in [0, 0.1) is 0 Å². The normalized spacial score (nSPS) is 25.8. The van der Waals surface area contributed by atoms with Gasteiger partial charge in [0.1, 0.15) is 0 Å². The van der Waals surface area contributed by atoms with Crippen molar-refractivity contribution >= 4 is 0 Å². The molecule has 1 aliphatic carbocycles. The van der Waals surface area contributed by atoms with Crippen molar-refractivity contribution in [2.24, 2.45) is 0 Å². The van der Waals surface area contributed by atoms with E-state index < -0.39 is 0 Å². The van der Waals surface area contributed by atoms with Gasteiger partial charge in [-0.1, -0.05) is 0 Å². The lowest BCUT2D eigenvalue weighted by molar-refractivity contribution is 0.123. The number of rotatable bonds is 3. The van der Waals surface area contributed by atoms with E-state index in [1.54, 1.807) is 0 Å². The molecule has 0 spiro atoms. The van der Waals surface area contributed by atoms with Crippen LogP contribution in [0.3, 0.4) is 0 Å². The molecule has 1 aliphatic heterocycles. The van der Waals surface area contributed by atoms with Crippen LogP contribution in [0.2, 0.25) is 0 Å². The highest BCUT2D eigenvalue weighted by atomic mass is 15.5. The minimum Gasteiger partial charge on any atom is -0.309 e. The molecule has 0 amide bonds. The van der Waals surface area contributed by atoms with E-state index in [4.69, 9.17) is 0 Å². The third kappa shape index (κ3) is 4.09. The van der Waals surface area contributed by atoms with Gasteiger partial charge in [-0.05, 0) is 46.5 Å². The third-order valence-corrected chi connectivity index (χ3v) is 3.07. The Balaban J connectivity index is 1.67. The molecule has 3 heteroatoms. The van der Waals surface area contributed by atoms with Gasteiger partial charge in [-0.3, -0.25) is 5.43 Å². The summed E-state index contributed by atoms with van der Waals surface area (Å²) in [5.41, 5.74) is 3.84. The highest BCUT2D eigenvalue weighted by Crippen LogP contribution is 2.21. The molecule has 0 aromatic carbocycles. The Hall–Kier alpha value is -0.120. The first-order chi connectivity index (χ1) is 7.03. The lowest BCUT2D eigenvalue weighted by Gasteiger charge is -2.36. The van der Waals surface area contributed by atoms with Gasteiger partial charge >= 0.3 is 0 Å². The van der Waals surface area contributed by atoms with Gasteiger partial charge in [0.2, 0.25) is 0 Å². The molecule has 0 aromatic rings. The molecule has 0 aromatic heterocycles. The summed E-state index contributed by atoms with van der Waals surface area (Å²) in [7, 11) is 0. The molecule has 2 N–H and O–H groups in total. The van der Waals surface area contributed by atoms with Crippen LogP contribution >= 0.6 is 0 Å². The summed E-state index contributed by atoms with van der Waals surface area (Å²) in [6.07, 6.45) is 5.30. The van der Waals surface area contributed by atoms with E-state index in [9.17, 15) is 0 Å². The molecule has 0 bridgehead atoms. The van der Waals surface area contributed by atoms with Gasteiger partial charge in [0, 0.05) is 30.7 Å². The molecule has 2 fully saturated rings. The van der Waals surface area contributed by atoms with Crippen LogP contribution in [0.5, 0.6) is 0 Å². The Morgan fingerprint density at radius 3 is 2.00 bits per heavy atom. The van der Waals surface area contributed by atoms with Crippen LogP contribution in [0.4, 0.5) is 0 Å². The number of piperidine rings is 1. The molecular formula is C12H25N3. The Morgan fingerprint density at radius 1 is 0.933 bits per heavy atom. The van der Waals surface area contributed by atoms with Gasteiger partial charge in [0.05, 0.1) is 0 Å². The summed E-state index contributed by atoms with van der Waals surface area (Å²) in [5, 5.41) is 6.11. The lowest BCUT2D eigenvalue weighted by atomic mass is 10.0. The number of nitrogens with zero attached hydrogens (tertiary/aromatic N) is 1. The molecule has 1 saturated heterocycles. The predicted molar refractivity (Wildman–Crippen MR) is 63.6 cm³/mol. The SMILES string of the molecule is CC(C)(C)NC1CCN(NC2CC2)CC1. The van der Waals surface area contributed by atoms with Crippen molar-refractivity contribution in [3.8, 4) is 0 Å². The number of nitrogens with one attached hydrogen (secondary N) is 2. The molecule has 2 rings (SSSR count). The summed E-state index contributed by atoms with van der Waals surface area (Å²) < 4.78 is 0. The molecule has 0 unspecified atom stereocenters. The van der Waals surface area contributed by atoms with Crippen LogP contribution < -0.4 is 10.7 Å².